The number of rotatable bonds is 4. The molecule has 3 amide bonds. The van der Waals surface area contributed by atoms with Crippen LogP contribution in [0.25, 0.3) is 0 Å². The second-order valence-electron chi connectivity index (χ2n) is 5.23. The Morgan fingerprint density at radius 2 is 2.00 bits per heavy atom. The Morgan fingerprint density at radius 1 is 1.25 bits per heavy atom. The van der Waals surface area contributed by atoms with Crippen molar-refractivity contribution in [1.82, 2.24) is 5.32 Å². The average molecular weight is 329 g/mol. The number of ether oxygens (including phenoxy) is 1. The lowest BCUT2D eigenvalue weighted by Crippen LogP contribution is -2.27. The molecule has 2 aromatic carbocycles. The van der Waals surface area contributed by atoms with Crippen molar-refractivity contribution in [2.24, 2.45) is 0 Å². The van der Waals surface area contributed by atoms with Gasteiger partial charge in [0.2, 0.25) is 0 Å². The van der Waals surface area contributed by atoms with Crippen LogP contribution in [0.15, 0.2) is 42.5 Å². The molecule has 0 unspecified atom stereocenters. The molecule has 2 aromatic rings. The zero-order chi connectivity index (χ0) is 17.1. The van der Waals surface area contributed by atoms with Crippen LogP contribution in [-0.2, 0) is 0 Å². The fourth-order valence-electron chi connectivity index (χ4n) is 2.50. The number of anilines is 2. The van der Waals surface area contributed by atoms with E-state index in [0.29, 0.717) is 24.5 Å². The topological polar surface area (TPSA) is 70.7 Å². The van der Waals surface area contributed by atoms with Gasteiger partial charge in [-0.25, -0.2) is 9.18 Å². The quantitative estimate of drug-likeness (QED) is 0.906. The number of amides is 3. The van der Waals surface area contributed by atoms with Crippen LogP contribution in [0.2, 0.25) is 0 Å². The summed E-state index contributed by atoms with van der Waals surface area (Å²) in [5.41, 5.74) is 1.39. The highest BCUT2D eigenvalue weighted by molar-refractivity contribution is 6.06. The first-order chi connectivity index (χ1) is 11.6. The smallest absolute Gasteiger partial charge is 0.321 e. The molecule has 0 atom stereocenters. The molecule has 7 heteroatoms. The third-order valence-corrected chi connectivity index (χ3v) is 3.70. The number of methoxy groups -OCH3 is 1. The highest BCUT2D eigenvalue weighted by Crippen LogP contribution is 2.23. The van der Waals surface area contributed by atoms with Gasteiger partial charge in [0.1, 0.15) is 11.6 Å². The van der Waals surface area contributed by atoms with Crippen molar-refractivity contribution in [2.75, 3.05) is 30.4 Å². The van der Waals surface area contributed by atoms with Crippen LogP contribution in [0.1, 0.15) is 10.4 Å². The first kappa shape index (κ1) is 15.8. The Bertz CT molecular complexity index is 777. The van der Waals surface area contributed by atoms with E-state index in [1.54, 1.807) is 29.2 Å². The molecule has 6 nitrogen and oxygen atoms in total. The third kappa shape index (κ3) is 3.15. The second kappa shape index (κ2) is 6.57. The van der Waals surface area contributed by atoms with Crippen LogP contribution in [-0.4, -0.2) is 32.1 Å². The number of nitrogens with zero attached hydrogens (tertiary/aromatic N) is 1. The molecule has 0 bridgehead atoms. The van der Waals surface area contributed by atoms with Crippen LogP contribution >= 0.6 is 0 Å². The maximum Gasteiger partial charge on any atom is 0.321 e. The fraction of sp³-hybridized carbons (Fsp3) is 0.176. The number of carbonyl (C=O) groups excluding carboxylic acids is 2. The second-order valence-corrected chi connectivity index (χ2v) is 5.23. The molecule has 124 valence electrons. The zero-order valence-electron chi connectivity index (χ0n) is 13.0. The normalized spacial score (nSPS) is 13.6. The van der Waals surface area contributed by atoms with Crippen LogP contribution in [0.4, 0.5) is 20.6 Å². The van der Waals surface area contributed by atoms with Gasteiger partial charge in [-0.3, -0.25) is 9.69 Å². The number of carbonyl (C=O) groups is 2. The Balaban J connectivity index is 1.75. The monoisotopic (exact) mass is 329 g/mol. The van der Waals surface area contributed by atoms with Gasteiger partial charge in [0, 0.05) is 24.5 Å². The summed E-state index contributed by atoms with van der Waals surface area (Å²) in [7, 11) is 1.42. The van der Waals surface area contributed by atoms with Gasteiger partial charge < -0.3 is 15.4 Å². The van der Waals surface area contributed by atoms with E-state index in [4.69, 9.17) is 4.74 Å². The van der Waals surface area contributed by atoms with Crippen LogP contribution in [0, 0.1) is 5.82 Å². The molecular weight excluding hydrogens is 313 g/mol. The number of nitrogens with one attached hydrogen (secondary N) is 2. The summed E-state index contributed by atoms with van der Waals surface area (Å²) in [4.78, 5) is 25.5. The Morgan fingerprint density at radius 3 is 2.62 bits per heavy atom. The van der Waals surface area contributed by atoms with Crippen molar-refractivity contribution in [1.29, 1.82) is 0 Å². The van der Waals surface area contributed by atoms with Gasteiger partial charge in [-0.15, -0.1) is 0 Å². The first-order valence-electron chi connectivity index (χ1n) is 7.39. The minimum Gasteiger partial charge on any atom is -0.496 e. The molecule has 1 heterocycles. The minimum absolute atomic E-state index is 0.112. The van der Waals surface area contributed by atoms with E-state index in [-0.39, 0.29) is 11.6 Å². The highest BCUT2D eigenvalue weighted by atomic mass is 19.1. The molecule has 0 aliphatic carbocycles. The summed E-state index contributed by atoms with van der Waals surface area (Å²) in [6, 6.07) is 10.5. The van der Waals surface area contributed by atoms with Gasteiger partial charge in [-0.2, -0.15) is 0 Å². The summed E-state index contributed by atoms with van der Waals surface area (Å²) in [5.74, 6) is -0.700. The maximum absolute atomic E-state index is 13.4. The van der Waals surface area contributed by atoms with E-state index < -0.39 is 11.7 Å². The molecule has 1 saturated heterocycles. The van der Waals surface area contributed by atoms with Gasteiger partial charge in [0.25, 0.3) is 5.91 Å². The lowest BCUT2D eigenvalue weighted by molar-refractivity contribution is 0.102. The predicted molar refractivity (Wildman–Crippen MR) is 88.1 cm³/mol. The lowest BCUT2D eigenvalue weighted by atomic mass is 10.1. The molecule has 3 rings (SSSR count). The van der Waals surface area contributed by atoms with Gasteiger partial charge >= 0.3 is 6.03 Å². The third-order valence-electron chi connectivity index (χ3n) is 3.70. The van der Waals surface area contributed by atoms with Crippen molar-refractivity contribution in [3.63, 3.8) is 0 Å². The standard InChI is InChI=1S/C17H16FN3O3/c1-24-15-7-2-11(18)10-14(15)16(22)20-12-3-5-13(6-4-12)21-9-8-19-17(21)23/h2-7,10H,8-9H2,1H3,(H,19,23)(H,20,22). The summed E-state index contributed by atoms with van der Waals surface area (Å²) in [5, 5.41) is 5.41. The zero-order valence-corrected chi connectivity index (χ0v) is 13.0. The Hall–Kier alpha value is -3.09. The summed E-state index contributed by atoms with van der Waals surface area (Å²) in [6.45, 7) is 1.21. The Kier molecular flexibility index (Phi) is 4.33. The Labute approximate surface area is 138 Å². The van der Waals surface area contributed by atoms with Crippen molar-refractivity contribution in [3.05, 3.63) is 53.8 Å². The number of benzene rings is 2. The van der Waals surface area contributed by atoms with Crippen LogP contribution in [0.5, 0.6) is 5.75 Å². The molecule has 1 fully saturated rings. The number of hydrogen-bond donors (Lipinski definition) is 2. The lowest BCUT2D eigenvalue weighted by Gasteiger charge is -2.15. The molecule has 0 saturated carbocycles. The predicted octanol–water partition coefficient (Wildman–Crippen LogP) is 2.62. The number of hydrogen-bond acceptors (Lipinski definition) is 3. The molecule has 1 aliphatic rings. The van der Waals surface area contributed by atoms with E-state index in [1.165, 1.54) is 19.2 Å². The van der Waals surface area contributed by atoms with E-state index in [1.807, 2.05) is 0 Å². The van der Waals surface area contributed by atoms with E-state index in [2.05, 4.69) is 10.6 Å². The van der Waals surface area contributed by atoms with Crippen molar-refractivity contribution in [3.8, 4) is 5.75 Å². The van der Waals surface area contributed by atoms with E-state index >= 15 is 0 Å². The van der Waals surface area contributed by atoms with Gasteiger partial charge in [0.05, 0.1) is 12.7 Å². The maximum atomic E-state index is 13.4. The van der Waals surface area contributed by atoms with Crippen molar-refractivity contribution < 1.29 is 18.7 Å². The molecule has 1 aliphatic heterocycles. The summed E-state index contributed by atoms with van der Waals surface area (Å²) < 4.78 is 18.4. The average Bonchev–Trinajstić information content (AvgIpc) is 3.01. The van der Waals surface area contributed by atoms with E-state index in [9.17, 15) is 14.0 Å². The highest BCUT2D eigenvalue weighted by Gasteiger charge is 2.21. The molecule has 24 heavy (non-hydrogen) atoms. The van der Waals surface area contributed by atoms with Crippen LogP contribution < -0.4 is 20.3 Å². The van der Waals surface area contributed by atoms with Gasteiger partial charge in [0.15, 0.2) is 0 Å². The largest absolute Gasteiger partial charge is 0.496 e. The minimum atomic E-state index is -0.517. The molecule has 0 spiro atoms. The van der Waals surface area contributed by atoms with Gasteiger partial charge in [-0.05, 0) is 42.5 Å². The fourth-order valence-corrected chi connectivity index (χ4v) is 2.50. The SMILES string of the molecule is COc1ccc(F)cc1C(=O)Nc1ccc(N2CCNC2=O)cc1. The molecule has 0 radical (unpaired) electrons. The molecule has 0 aromatic heterocycles. The summed E-state index contributed by atoms with van der Waals surface area (Å²) in [6.07, 6.45) is 0. The first-order valence-corrected chi connectivity index (χ1v) is 7.39. The van der Waals surface area contributed by atoms with Crippen molar-refractivity contribution >= 4 is 23.3 Å². The van der Waals surface area contributed by atoms with Gasteiger partial charge in [-0.1, -0.05) is 0 Å². The number of urea groups is 1. The van der Waals surface area contributed by atoms with Crippen LogP contribution in [0.3, 0.4) is 0 Å². The van der Waals surface area contributed by atoms with E-state index in [0.717, 1.165) is 11.8 Å². The summed E-state index contributed by atoms with van der Waals surface area (Å²) >= 11 is 0. The molecule has 2 N–H and O–H groups in total. The van der Waals surface area contributed by atoms with Crippen molar-refractivity contribution in [2.45, 2.75) is 0 Å². The molecular formula is C17H16FN3O3. The number of halogens is 1.